The van der Waals surface area contributed by atoms with Gasteiger partial charge in [0.2, 0.25) is 0 Å². The van der Waals surface area contributed by atoms with E-state index in [4.69, 9.17) is 4.42 Å². The molecule has 0 bridgehead atoms. The summed E-state index contributed by atoms with van der Waals surface area (Å²) in [6, 6.07) is 1.07. The van der Waals surface area contributed by atoms with Gasteiger partial charge in [0.25, 0.3) is 0 Å². The van der Waals surface area contributed by atoms with E-state index in [0.29, 0.717) is 0 Å². The molecule has 1 aromatic rings. The van der Waals surface area contributed by atoms with Gasteiger partial charge in [0, 0.05) is 6.07 Å². The van der Waals surface area contributed by atoms with Crippen molar-refractivity contribution in [1.82, 2.24) is 0 Å². The maximum Gasteiger partial charge on any atom is 0.191 e. The normalized spacial score (nSPS) is 34.9. The van der Waals surface area contributed by atoms with Crippen LogP contribution in [-0.2, 0) is 0 Å². The van der Waals surface area contributed by atoms with E-state index in [1.807, 2.05) is 0 Å². The SMILES string of the molecule is O=c1ccoc2c1C(O)C(O)C(O)C2O. The molecular weight excluding hydrogens is 204 g/mol. The molecule has 6 heteroatoms. The number of aliphatic hydroxyl groups is 4. The van der Waals surface area contributed by atoms with Crippen molar-refractivity contribution in [3.8, 4) is 0 Å². The molecule has 0 spiro atoms. The Balaban J connectivity index is 2.64. The first-order valence-corrected chi connectivity index (χ1v) is 4.38. The lowest BCUT2D eigenvalue weighted by Gasteiger charge is -2.32. The number of fused-ring (bicyclic) bond motifs is 1. The molecule has 0 radical (unpaired) electrons. The summed E-state index contributed by atoms with van der Waals surface area (Å²) in [5, 5.41) is 37.7. The van der Waals surface area contributed by atoms with Crippen LogP contribution in [0.5, 0.6) is 0 Å². The predicted octanol–water partition coefficient (Wildman–Crippen LogP) is -1.56. The van der Waals surface area contributed by atoms with Crippen LogP contribution < -0.4 is 5.43 Å². The highest BCUT2D eigenvalue weighted by Gasteiger charge is 2.42. The summed E-state index contributed by atoms with van der Waals surface area (Å²) in [6.45, 7) is 0. The molecule has 0 fully saturated rings. The first-order valence-electron chi connectivity index (χ1n) is 4.38. The van der Waals surface area contributed by atoms with Crippen molar-refractivity contribution < 1.29 is 24.8 Å². The van der Waals surface area contributed by atoms with Gasteiger partial charge in [-0.25, -0.2) is 0 Å². The van der Waals surface area contributed by atoms with E-state index < -0.39 is 29.8 Å². The summed E-state index contributed by atoms with van der Waals surface area (Å²) in [4.78, 5) is 11.3. The van der Waals surface area contributed by atoms with Gasteiger partial charge in [-0.3, -0.25) is 4.79 Å². The van der Waals surface area contributed by atoms with Gasteiger partial charge in [0.05, 0.1) is 11.8 Å². The van der Waals surface area contributed by atoms with Crippen molar-refractivity contribution in [2.75, 3.05) is 0 Å². The van der Waals surface area contributed by atoms with Gasteiger partial charge in [-0.1, -0.05) is 0 Å². The first kappa shape index (κ1) is 10.3. The Labute approximate surface area is 84.0 Å². The van der Waals surface area contributed by atoms with E-state index in [2.05, 4.69) is 0 Å². The zero-order valence-electron chi connectivity index (χ0n) is 7.57. The van der Waals surface area contributed by atoms with Crippen molar-refractivity contribution in [3.05, 3.63) is 33.9 Å². The molecule has 4 unspecified atom stereocenters. The third-order valence-corrected chi connectivity index (χ3v) is 2.51. The number of aliphatic hydroxyl groups excluding tert-OH is 4. The van der Waals surface area contributed by atoms with Crippen molar-refractivity contribution >= 4 is 0 Å². The second kappa shape index (κ2) is 3.42. The van der Waals surface area contributed by atoms with Crippen LogP contribution in [0, 0.1) is 0 Å². The fraction of sp³-hybridized carbons (Fsp3) is 0.444. The Hall–Kier alpha value is -1.21. The summed E-state index contributed by atoms with van der Waals surface area (Å²) < 4.78 is 4.85. The molecule has 6 nitrogen and oxygen atoms in total. The Morgan fingerprint density at radius 1 is 1.07 bits per heavy atom. The van der Waals surface area contributed by atoms with E-state index in [-0.39, 0.29) is 11.3 Å². The summed E-state index contributed by atoms with van der Waals surface area (Å²) in [7, 11) is 0. The minimum absolute atomic E-state index is 0.201. The zero-order valence-corrected chi connectivity index (χ0v) is 7.57. The number of hydrogen-bond donors (Lipinski definition) is 4. The average molecular weight is 214 g/mol. The summed E-state index contributed by atoms with van der Waals surface area (Å²) >= 11 is 0. The highest BCUT2D eigenvalue weighted by atomic mass is 16.4. The molecular formula is C9H10O6. The van der Waals surface area contributed by atoms with Crippen LogP contribution in [-0.4, -0.2) is 32.6 Å². The van der Waals surface area contributed by atoms with Crippen molar-refractivity contribution in [2.45, 2.75) is 24.4 Å². The second-order valence-electron chi connectivity index (χ2n) is 3.43. The van der Waals surface area contributed by atoms with Crippen LogP contribution in [0.1, 0.15) is 23.5 Å². The predicted molar refractivity (Wildman–Crippen MR) is 46.9 cm³/mol. The molecule has 0 aliphatic heterocycles. The highest BCUT2D eigenvalue weighted by molar-refractivity contribution is 5.27. The number of rotatable bonds is 0. The molecule has 2 rings (SSSR count). The monoisotopic (exact) mass is 214 g/mol. The summed E-state index contributed by atoms with van der Waals surface area (Å²) in [6.07, 6.45) is -5.17. The summed E-state index contributed by atoms with van der Waals surface area (Å²) in [5.41, 5.74) is -0.753. The molecule has 1 aliphatic carbocycles. The van der Waals surface area contributed by atoms with Gasteiger partial charge in [-0.15, -0.1) is 0 Å². The van der Waals surface area contributed by atoms with Crippen molar-refractivity contribution in [1.29, 1.82) is 0 Å². The zero-order chi connectivity index (χ0) is 11.2. The van der Waals surface area contributed by atoms with Crippen LogP contribution in [0.25, 0.3) is 0 Å². The van der Waals surface area contributed by atoms with Crippen LogP contribution in [0.4, 0.5) is 0 Å². The standard InChI is InChI=1S/C9H10O6/c10-3-1-2-15-9-4(3)5(11)6(12)7(13)8(9)14/h1-2,5-8,11-14H. The van der Waals surface area contributed by atoms with E-state index in [0.717, 1.165) is 12.3 Å². The quantitative estimate of drug-likeness (QED) is 0.415. The van der Waals surface area contributed by atoms with Crippen LogP contribution in [0.15, 0.2) is 21.5 Å². The molecule has 1 heterocycles. The third kappa shape index (κ3) is 1.38. The maximum atomic E-state index is 11.3. The van der Waals surface area contributed by atoms with E-state index >= 15 is 0 Å². The van der Waals surface area contributed by atoms with E-state index in [9.17, 15) is 25.2 Å². The Bertz CT molecular complexity index is 425. The molecule has 1 aromatic heterocycles. The van der Waals surface area contributed by atoms with Gasteiger partial charge in [-0.05, 0) is 0 Å². The molecule has 4 N–H and O–H groups in total. The maximum absolute atomic E-state index is 11.3. The summed E-state index contributed by atoms with van der Waals surface area (Å²) in [5.74, 6) is -0.201. The molecule has 0 amide bonds. The van der Waals surface area contributed by atoms with Crippen LogP contribution >= 0.6 is 0 Å². The smallest absolute Gasteiger partial charge is 0.191 e. The van der Waals surface area contributed by atoms with Gasteiger partial charge in [-0.2, -0.15) is 0 Å². The van der Waals surface area contributed by atoms with E-state index in [1.165, 1.54) is 0 Å². The van der Waals surface area contributed by atoms with Gasteiger partial charge >= 0.3 is 0 Å². The molecule has 4 atom stereocenters. The van der Waals surface area contributed by atoms with Gasteiger partial charge in [0.15, 0.2) is 5.43 Å². The molecule has 0 saturated heterocycles. The molecule has 15 heavy (non-hydrogen) atoms. The molecule has 0 saturated carbocycles. The lowest BCUT2D eigenvalue weighted by atomic mass is 9.87. The fourth-order valence-electron chi connectivity index (χ4n) is 1.66. The minimum Gasteiger partial charge on any atom is -0.466 e. The largest absolute Gasteiger partial charge is 0.466 e. The Kier molecular flexibility index (Phi) is 2.35. The first-order chi connectivity index (χ1) is 7.04. The fourth-order valence-corrected chi connectivity index (χ4v) is 1.66. The molecule has 82 valence electrons. The topological polar surface area (TPSA) is 111 Å². The second-order valence-corrected chi connectivity index (χ2v) is 3.43. The Morgan fingerprint density at radius 2 is 1.67 bits per heavy atom. The minimum atomic E-state index is -1.60. The molecule has 1 aliphatic rings. The van der Waals surface area contributed by atoms with Crippen LogP contribution in [0.2, 0.25) is 0 Å². The molecule has 0 aromatic carbocycles. The van der Waals surface area contributed by atoms with E-state index in [1.54, 1.807) is 0 Å². The van der Waals surface area contributed by atoms with Crippen molar-refractivity contribution in [2.24, 2.45) is 0 Å². The third-order valence-electron chi connectivity index (χ3n) is 2.51. The average Bonchev–Trinajstić information content (AvgIpc) is 2.23. The Morgan fingerprint density at radius 3 is 2.33 bits per heavy atom. The lowest BCUT2D eigenvalue weighted by molar-refractivity contribution is -0.128. The lowest BCUT2D eigenvalue weighted by Crippen LogP contribution is -2.43. The van der Waals surface area contributed by atoms with Crippen molar-refractivity contribution in [3.63, 3.8) is 0 Å². The van der Waals surface area contributed by atoms with Crippen LogP contribution in [0.3, 0.4) is 0 Å². The van der Waals surface area contributed by atoms with Gasteiger partial charge < -0.3 is 24.8 Å². The number of hydrogen-bond acceptors (Lipinski definition) is 6. The van der Waals surface area contributed by atoms with Gasteiger partial charge in [0.1, 0.15) is 30.2 Å². The highest BCUT2D eigenvalue weighted by Crippen LogP contribution is 2.34.